The van der Waals surface area contributed by atoms with Crippen LogP contribution in [0.4, 0.5) is 11.4 Å². The first-order valence-corrected chi connectivity index (χ1v) is 10.2. The van der Waals surface area contributed by atoms with Gasteiger partial charge in [0, 0.05) is 56.5 Å². The van der Waals surface area contributed by atoms with Gasteiger partial charge >= 0.3 is 0 Å². The maximum atomic E-state index is 10.8. The molecule has 2 aromatic rings. The molecule has 8 nitrogen and oxygen atoms in total. The van der Waals surface area contributed by atoms with Crippen molar-refractivity contribution in [3.63, 3.8) is 0 Å². The number of aliphatic hydroxyl groups excluding tert-OH is 3. The van der Waals surface area contributed by atoms with Crippen LogP contribution in [0.3, 0.4) is 0 Å². The number of piperazine rings is 1. The third-order valence-electron chi connectivity index (χ3n) is 5.85. The molecule has 0 saturated carbocycles. The number of nitrogens with zero attached hydrogens (tertiary/aromatic N) is 3. The number of hydrogen-bond acceptors (Lipinski definition) is 7. The molecule has 162 valence electrons. The van der Waals surface area contributed by atoms with Crippen molar-refractivity contribution in [2.75, 3.05) is 37.6 Å². The second kappa shape index (κ2) is 9.99. The lowest BCUT2D eigenvalue weighted by Crippen LogP contribution is -2.49. The van der Waals surface area contributed by atoms with Crippen molar-refractivity contribution in [2.45, 2.75) is 25.7 Å². The Morgan fingerprint density at radius 1 is 1.00 bits per heavy atom. The van der Waals surface area contributed by atoms with Gasteiger partial charge in [-0.15, -0.1) is 0 Å². The zero-order valence-electron chi connectivity index (χ0n) is 17.1. The van der Waals surface area contributed by atoms with Gasteiger partial charge in [0.25, 0.3) is 5.69 Å². The minimum atomic E-state index is -0.783. The van der Waals surface area contributed by atoms with Gasteiger partial charge in [-0.1, -0.05) is 31.2 Å². The van der Waals surface area contributed by atoms with E-state index in [0.717, 1.165) is 43.0 Å². The normalized spacial score (nSPS) is 18.1. The van der Waals surface area contributed by atoms with Crippen molar-refractivity contribution in [1.82, 2.24) is 4.90 Å². The molecule has 1 aliphatic rings. The zero-order chi connectivity index (χ0) is 21.7. The molecule has 30 heavy (non-hydrogen) atoms. The molecule has 0 bridgehead atoms. The van der Waals surface area contributed by atoms with E-state index < -0.39 is 17.1 Å². The Morgan fingerprint density at radius 3 is 2.13 bits per heavy atom. The summed E-state index contributed by atoms with van der Waals surface area (Å²) in [5, 5.41) is 41.2. The second-order valence-electron chi connectivity index (χ2n) is 7.83. The summed E-state index contributed by atoms with van der Waals surface area (Å²) in [5.74, 6) is -0.335. The minimum Gasteiger partial charge on any atom is -0.392 e. The highest BCUT2D eigenvalue weighted by Gasteiger charge is 2.27. The Balaban J connectivity index is 1.50. The maximum Gasteiger partial charge on any atom is 0.269 e. The number of β-amino-alcohol motifs (C(OH)–C–C–N with tert-alkyl or cyclic N) is 1. The summed E-state index contributed by atoms with van der Waals surface area (Å²) in [6.07, 6.45) is -1.46. The highest BCUT2D eigenvalue weighted by atomic mass is 16.6. The molecule has 2 aromatic carbocycles. The van der Waals surface area contributed by atoms with Crippen LogP contribution in [-0.4, -0.2) is 64.0 Å². The first-order chi connectivity index (χ1) is 14.4. The molecule has 0 spiro atoms. The van der Waals surface area contributed by atoms with Gasteiger partial charge in [0.2, 0.25) is 0 Å². The van der Waals surface area contributed by atoms with Crippen LogP contribution in [0.15, 0.2) is 48.5 Å². The van der Waals surface area contributed by atoms with Crippen LogP contribution < -0.4 is 4.90 Å². The van der Waals surface area contributed by atoms with Gasteiger partial charge in [-0.3, -0.25) is 15.0 Å². The highest BCUT2D eigenvalue weighted by Crippen LogP contribution is 2.26. The molecule has 0 unspecified atom stereocenters. The molecule has 0 amide bonds. The lowest BCUT2D eigenvalue weighted by molar-refractivity contribution is -0.384. The van der Waals surface area contributed by atoms with Crippen LogP contribution in [0.2, 0.25) is 0 Å². The van der Waals surface area contributed by atoms with E-state index in [4.69, 9.17) is 5.11 Å². The van der Waals surface area contributed by atoms with Gasteiger partial charge in [0.05, 0.1) is 23.7 Å². The third-order valence-corrected chi connectivity index (χ3v) is 5.85. The van der Waals surface area contributed by atoms with Crippen LogP contribution in [0.25, 0.3) is 0 Å². The molecule has 3 atom stereocenters. The van der Waals surface area contributed by atoms with Crippen LogP contribution in [0.5, 0.6) is 0 Å². The fraction of sp³-hybridized carbons (Fsp3) is 0.455. The van der Waals surface area contributed by atoms with Gasteiger partial charge in [-0.25, -0.2) is 0 Å². The fourth-order valence-corrected chi connectivity index (χ4v) is 3.74. The Bertz CT molecular complexity index is 820. The standard InChI is InChI=1S/C22H29N3O5/c1-16(22(28)18-4-2-17(15-26)3-5-18)21(27)14-23-10-12-24(13-11-23)19-6-8-20(9-7-19)25(29)30/h2-9,16,21-22,26-28H,10-15H2,1H3/t16-,21+,22+/m0/s1. The van der Waals surface area contributed by atoms with E-state index in [1.54, 1.807) is 36.4 Å². The largest absolute Gasteiger partial charge is 0.392 e. The van der Waals surface area contributed by atoms with Crippen LogP contribution in [-0.2, 0) is 6.61 Å². The molecule has 1 saturated heterocycles. The van der Waals surface area contributed by atoms with Crippen molar-refractivity contribution in [3.05, 3.63) is 69.8 Å². The van der Waals surface area contributed by atoms with Gasteiger partial charge < -0.3 is 20.2 Å². The fourth-order valence-electron chi connectivity index (χ4n) is 3.74. The lowest BCUT2D eigenvalue weighted by atomic mass is 9.91. The van der Waals surface area contributed by atoms with Gasteiger partial charge in [-0.05, 0) is 23.3 Å². The average Bonchev–Trinajstić information content (AvgIpc) is 2.78. The summed E-state index contributed by atoms with van der Waals surface area (Å²) in [4.78, 5) is 14.7. The molecule has 0 radical (unpaired) electrons. The van der Waals surface area contributed by atoms with E-state index in [0.29, 0.717) is 6.54 Å². The molecule has 1 fully saturated rings. The molecule has 8 heteroatoms. The summed E-state index contributed by atoms with van der Waals surface area (Å²) < 4.78 is 0. The van der Waals surface area contributed by atoms with E-state index >= 15 is 0 Å². The lowest BCUT2D eigenvalue weighted by Gasteiger charge is -2.38. The molecule has 0 aromatic heterocycles. The topological polar surface area (TPSA) is 110 Å². The van der Waals surface area contributed by atoms with Crippen molar-refractivity contribution in [1.29, 1.82) is 0 Å². The molecular formula is C22H29N3O5. The number of anilines is 1. The average molecular weight is 415 g/mol. The molecule has 0 aliphatic carbocycles. The first-order valence-electron chi connectivity index (χ1n) is 10.2. The Morgan fingerprint density at radius 2 is 1.60 bits per heavy atom. The summed E-state index contributed by atoms with van der Waals surface area (Å²) in [6.45, 7) is 5.34. The first kappa shape index (κ1) is 22.2. The van der Waals surface area contributed by atoms with Crippen molar-refractivity contribution < 1.29 is 20.2 Å². The van der Waals surface area contributed by atoms with Gasteiger partial charge in [0.1, 0.15) is 0 Å². The molecular weight excluding hydrogens is 386 g/mol. The van der Waals surface area contributed by atoms with Gasteiger partial charge in [0.15, 0.2) is 0 Å². The smallest absolute Gasteiger partial charge is 0.269 e. The third kappa shape index (κ3) is 5.34. The summed E-state index contributed by atoms with van der Waals surface area (Å²) in [5.41, 5.74) is 2.54. The molecule has 1 heterocycles. The van der Waals surface area contributed by atoms with E-state index in [-0.39, 0.29) is 18.2 Å². The summed E-state index contributed by atoms with van der Waals surface area (Å²) >= 11 is 0. The number of aliphatic hydroxyl groups is 3. The monoisotopic (exact) mass is 415 g/mol. The van der Waals surface area contributed by atoms with Crippen LogP contribution in [0, 0.1) is 16.0 Å². The van der Waals surface area contributed by atoms with Crippen molar-refractivity contribution in [3.8, 4) is 0 Å². The molecule has 1 aliphatic heterocycles. The van der Waals surface area contributed by atoms with E-state index in [9.17, 15) is 20.3 Å². The second-order valence-corrected chi connectivity index (χ2v) is 7.83. The van der Waals surface area contributed by atoms with E-state index in [2.05, 4.69) is 9.80 Å². The quantitative estimate of drug-likeness (QED) is 0.446. The van der Waals surface area contributed by atoms with E-state index in [1.165, 1.54) is 12.1 Å². The summed E-state index contributed by atoms with van der Waals surface area (Å²) in [6, 6.07) is 13.7. The Hall–Kier alpha value is -2.52. The number of nitro benzene ring substituents is 1. The molecule has 3 rings (SSSR count). The number of hydrogen-bond donors (Lipinski definition) is 3. The maximum absolute atomic E-state index is 10.8. The van der Waals surface area contributed by atoms with Gasteiger partial charge in [-0.2, -0.15) is 0 Å². The highest BCUT2D eigenvalue weighted by molar-refractivity contribution is 5.51. The van der Waals surface area contributed by atoms with Crippen LogP contribution in [0.1, 0.15) is 24.2 Å². The van der Waals surface area contributed by atoms with E-state index in [1.807, 2.05) is 6.92 Å². The van der Waals surface area contributed by atoms with Crippen LogP contribution >= 0.6 is 0 Å². The SMILES string of the molecule is C[C@@H]([C@H](O)CN1CCN(c2ccc([N+](=O)[O-])cc2)CC1)[C@@H](O)c1ccc(CO)cc1. The zero-order valence-corrected chi connectivity index (χ0v) is 17.1. The number of benzene rings is 2. The summed E-state index contributed by atoms with van der Waals surface area (Å²) in [7, 11) is 0. The van der Waals surface area contributed by atoms with Crippen molar-refractivity contribution >= 4 is 11.4 Å². The van der Waals surface area contributed by atoms with Crippen molar-refractivity contribution in [2.24, 2.45) is 5.92 Å². The predicted molar refractivity (Wildman–Crippen MR) is 114 cm³/mol. The predicted octanol–water partition coefficient (Wildman–Crippen LogP) is 1.94. The number of nitro groups is 1. The Labute approximate surface area is 176 Å². The molecule has 3 N–H and O–H groups in total. The number of rotatable bonds is 8. The minimum absolute atomic E-state index is 0.0413. The number of non-ortho nitro benzene ring substituents is 1. The Kier molecular flexibility index (Phi) is 7.38.